The van der Waals surface area contributed by atoms with Crippen LogP contribution < -0.4 is 0 Å². The van der Waals surface area contributed by atoms with Crippen molar-refractivity contribution in [2.24, 2.45) is 5.92 Å². The highest BCUT2D eigenvalue weighted by molar-refractivity contribution is 5.35. The second kappa shape index (κ2) is 7.81. The topological polar surface area (TPSA) is 23.5 Å². The van der Waals surface area contributed by atoms with E-state index in [0.717, 1.165) is 18.5 Å². The summed E-state index contributed by atoms with van der Waals surface area (Å²) in [6.07, 6.45) is 8.95. The van der Waals surface area contributed by atoms with Crippen LogP contribution in [0, 0.1) is 17.8 Å². The number of likely N-dealkylation sites (tertiary alicyclic amines) is 1. The van der Waals surface area contributed by atoms with Crippen molar-refractivity contribution in [3.05, 3.63) is 35.9 Å². The highest BCUT2D eigenvalue weighted by atomic mass is 16.3. The van der Waals surface area contributed by atoms with Gasteiger partial charge in [-0.2, -0.15) is 0 Å². The van der Waals surface area contributed by atoms with Gasteiger partial charge in [0.25, 0.3) is 0 Å². The van der Waals surface area contributed by atoms with Gasteiger partial charge in [-0.1, -0.05) is 49.3 Å². The third-order valence-corrected chi connectivity index (χ3v) is 5.23. The molecule has 1 saturated carbocycles. The third kappa shape index (κ3) is 3.72. The molecule has 1 aliphatic carbocycles. The van der Waals surface area contributed by atoms with E-state index in [1.54, 1.807) is 0 Å². The van der Waals surface area contributed by atoms with Gasteiger partial charge in [-0.3, -0.25) is 4.90 Å². The molecule has 2 nitrogen and oxygen atoms in total. The van der Waals surface area contributed by atoms with Crippen LogP contribution in [0.3, 0.4) is 0 Å². The Morgan fingerprint density at radius 1 is 1.05 bits per heavy atom. The van der Waals surface area contributed by atoms with Gasteiger partial charge in [0, 0.05) is 11.6 Å². The molecule has 22 heavy (non-hydrogen) atoms. The van der Waals surface area contributed by atoms with Gasteiger partial charge in [0.1, 0.15) is 0 Å². The average Bonchev–Trinajstić information content (AvgIpc) is 3.05. The van der Waals surface area contributed by atoms with Gasteiger partial charge in [-0.15, -0.1) is 0 Å². The molecule has 3 rings (SSSR count). The molecule has 1 aromatic carbocycles. The van der Waals surface area contributed by atoms with Gasteiger partial charge < -0.3 is 5.11 Å². The van der Waals surface area contributed by atoms with Crippen LogP contribution in [-0.4, -0.2) is 35.2 Å². The molecule has 0 amide bonds. The first-order valence-electron chi connectivity index (χ1n) is 8.81. The zero-order valence-corrected chi connectivity index (χ0v) is 13.4. The molecule has 1 saturated heterocycles. The Morgan fingerprint density at radius 3 is 2.55 bits per heavy atom. The van der Waals surface area contributed by atoms with E-state index in [0.29, 0.717) is 18.0 Å². The average molecular weight is 297 g/mol. The lowest BCUT2D eigenvalue weighted by molar-refractivity contribution is 0.102. The van der Waals surface area contributed by atoms with Gasteiger partial charge in [0.05, 0.1) is 12.6 Å². The first kappa shape index (κ1) is 15.6. The van der Waals surface area contributed by atoms with E-state index in [1.165, 1.54) is 38.5 Å². The maximum atomic E-state index is 9.68. The summed E-state index contributed by atoms with van der Waals surface area (Å²) < 4.78 is 0. The fourth-order valence-corrected chi connectivity index (χ4v) is 4.02. The fourth-order valence-electron chi connectivity index (χ4n) is 4.02. The first-order chi connectivity index (χ1) is 10.9. The molecule has 1 heterocycles. The molecule has 2 fully saturated rings. The Bertz CT molecular complexity index is 510. The fraction of sp³-hybridized carbons (Fsp3) is 0.600. The summed E-state index contributed by atoms with van der Waals surface area (Å²) in [4.78, 5) is 2.49. The van der Waals surface area contributed by atoms with E-state index < -0.39 is 0 Å². The smallest absolute Gasteiger partial charge is 0.0750 e. The van der Waals surface area contributed by atoms with E-state index in [2.05, 4.69) is 28.9 Å². The standard InChI is InChI=1S/C20H27NO/c22-16-19-12-7-15-21(19)20(18-10-5-2-6-11-18)14-13-17-8-3-1-4-9-17/h1,3-4,8-9,18-20,22H,2,5-7,10-12,15-16H2/t19-,20+/m0/s1. The Labute approximate surface area is 134 Å². The summed E-state index contributed by atoms with van der Waals surface area (Å²) in [7, 11) is 0. The first-order valence-corrected chi connectivity index (χ1v) is 8.81. The summed E-state index contributed by atoms with van der Waals surface area (Å²) >= 11 is 0. The highest BCUT2D eigenvalue weighted by Gasteiger charge is 2.34. The maximum Gasteiger partial charge on any atom is 0.0750 e. The number of hydrogen-bond donors (Lipinski definition) is 1. The number of rotatable bonds is 3. The Kier molecular flexibility index (Phi) is 5.53. The summed E-state index contributed by atoms with van der Waals surface area (Å²) in [5.41, 5.74) is 1.10. The van der Waals surface area contributed by atoms with Gasteiger partial charge in [0.2, 0.25) is 0 Å². The maximum absolute atomic E-state index is 9.68. The zero-order chi connectivity index (χ0) is 15.2. The van der Waals surface area contributed by atoms with Crippen molar-refractivity contribution >= 4 is 0 Å². The van der Waals surface area contributed by atoms with Crippen molar-refractivity contribution in [2.45, 2.75) is 57.0 Å². The van der Waals surface area contributed by atoms with Crippen LogP contribution in [0.4, 0.5) is 0 Å². The molecule has 1 N–H and O–H groups in total. The van der Waals surface area contributed by atoms with Gasteiger partial charge in [-0.25, -0.2) is 0 Å². The molecule has 0 radical (unpaired) electrons. The zero-order valence-electron chi connectivity index (χ0n) is 13.4. The SMILES string of the molecule is OC[C@@H]1CCCN1[C@H](C#Cc1ccccc1)C1CCCCC1. The Hall–Kier alpha value is -1.30. The van der Waals surface area contributed by atoms with Crippen LogP contribution in [0.1, 0.15) is 50.5 Å². The van der Waals surface area contributed by atoms with Gasteiger partial charge >= 0.3 is 0 Å². The Balaban J connectivity index is 1.81. The highest BCUT2D eigenvalue weighted by Crippen LogP contribution is 2.32. The molecular formula is C20H27NO. The third-order valence-electron chi connectivity index (χ3n) is 5.23. The van der Waals surface area contributed by atoms with Crippen molar-refractivity contribution < 1.29 is 5.11 Å². The number of aliphatic hydroxyl groups is 1. The predicted molar refractivity (Wildman–Crippen MR) is 90.5 cm³/mol. The number of nitrogens with zero attached hydrogens (tertiary/aromatic N) is 1. The number of benzene rings is 1. The van der Waals surface area contributed by atoms with E-state index in [1.807, 2.05) is 18.2 Å². The molecule has 2 aliphatic rings. The van der Waals surface area contributed by atoms with Crippen LogP contribution in [0.2, 0.25) is 0 Å². The molecule has 1 aromatic rings. The minimum absolute atomic E-state index is 0.274. The van der Waals surface area contributed by atoms with Crippen molar-refractivity contribution in [2.75, 3.05) is 13.2 Å². The Morgan fingerprint density at radius 2 is 1.82 bits per heavy atom. The van der Waals surface area contributed by atoms with Crippen molar-refractivity contribution in [3.8, 4) is 11.8 Å². The molecule has 0 spiro atoms. The van der Waals surface area contributed by atoms with Gasteiger partial charge in [-0.05, 0) is 50.3 Å². The summed E-state index contributed by atoms with van der Waals surface area (Å²) in [6, 6.07) is 10.9. The number of hydrogen-bond acceptors (Lipinski definition) is 2. The quantitative estimate of drug-likeness (QED) is 0.864. The summed E-state index contributed by atoms with van der Waals surface area (Å²) in [5.74, 6) is 7.64. The molecule has 0 aromatic heterocycles. The van der Waals surface area contributed by atoms with E-state index >= 15 is 0 Å². The van der Waals surface area contributed by atoms with Crippen molar-refractivity contribution in [1.29, 1.82) is 0 Å². The molecule has 118 valence electrons. The van der Waals surface area contributed by atoms with Crippen molar-refractivity contribution in [1.82, 2.24) is 4.90 Å². The van der Waals surface area contributed by atoms with Crippen molar-refractivity contribution in [3.63, 3.8) is 0 Å². The largest absolute Gasteiger partial charge is 0.395 e. The number of aliphatic hydroxyl groups excluding tert-OH is 1. The van der Waals surface area contributed by atoms with Gasteiger partial charge in [0.15, 0.2) is 0 Å². The molecule has 1 aliphatic heterocycles. The lowest BCUT2D eigenvalue weighted by Gasteiger charge is -2.36. The second-order valence-corrected chi connectivity index (χ2v) is 6.69. The summed E-state index contributed by atoms with van der Waals surface area (Å²) in [5, 5.41) is 9.68. The van der Waals surface area contributed by atoms with E-state index in [-0.39, 0.29) is 6.61 Å². The molecule has 0 bridgehead atoms. The van der Waals surface area contributed by atoms with Crippen LogP contribution in [0.15, 0.2) is 30.3 Å². The lowest BCUT2D eigenvalue weighted by atomic mass is 9.83. The second-order valence-electron chi connectivity index (χ2n) is 6.69. The molecule has 2 heteroatoms. The van der Waals surface area contributed by atoms with Crippen LogP contribution in [-0.2, 0) is 0 Å². The monoisotopic (exact) mass is 297 g/mol. The minimum atomic E-state index is 0.274. The molecule has 2 atom stereocenters. The lowest BCUT2D eigenvalue weighted by Crippen LogP contribution is -2.44. The minimum Gasteiger partial charge on any atom is -0.395 e. The van der Waals surface area contributed by atoms with Crippen LogP contribution in [0.25, 0.3) is 0 Å². The van der Waals surface area contributed by atoms with E-state index in [4.69, 9.17) is 0 Å². The molecular weight excluding hydrogens is 270 g/mol. The summed E-state index contributed by atoms with van der Waals surface area (Å²) in [6.45, 7) is 1.37. The normalized spacial score (nSPS) is 24.7. The molecule has 0 unspecified atom stereocenters. The van der Waals surface area contributed by atoms with Crippen LogP contribution in [0.5, 0.6) is 0 Å². The van der Waals surface area contributed by atoms with E-state index in [9.17, 15) is 5.11 Å². The predicted octanol–water partition coefficient (Wildman–Crippen LogP) is 3.44. The van der Waals surface area contributed by atoms with Crippen LogP contribution >= 0.6 is 0 Å².